The van der Waals surface area contributed by atoms with Gasteiger partial charge < -0.3 is 10.8 Å². The van der Waals surface area contributed by atoms with E-state index in [1.54, 1.807) is 0 Å². The molecule has 0 aromatic rings. The molecule has 0 saturated carbocycles. The number of primary amides is 1. The van der Waals surface area contributed by atoms with Crippen LogP contribution in [0, 0.1) is 0 Å². The van der Waals surface area contributed by atoms with Gasteiger partial charge in [0.15, 0.2) is 0 Å². The molecule has 1 amide bonds. The molecule has 5 nitrogen and oxygen atoms in total. The molecule has 4 N–H and O–H groups in total. The number of carboxylic acids is 1. The first-order valence-corrected chi connectivity index (χ1v) is 3.89. The topological polar surface area (TPSA) is 92.4 Å². The molecular weight excluding hydrogens is 160 g/mol. The van der Waals surface area contributed by atoms with E-state index in [0.717, 1.165) is 6.42 Å². The van der Waals surface area contributed by atoms with Crippen LogP contribution in [0.15, 0.2) is 0 Å². The molecule has 0 bridgehead atoms. The maximum Gasteiger partial charge on any atom is 0.320 e. The van der Waals surface area contributed by atoms with Crippen LogP contribution in [0.25, 0.3) is 0 Å². The smallest absolute Gasteiger partial charge is 0.320 e. The molecule has 0 aromatic carbocycles. The third kappa shape index (κ3) is 1.94. The molecule has 68 valence electrons. The Morgan fingerprint density at radius 1 is 1.33 bits per heavy atom. The Morgan fingerprint density at radius 2 is 1.92 bits per heavy atom. The van der Waals surface area contributed by atoms with Gasteiger partial charge in [0.1, 0.15) is 6.04 Å². The molecule has 0 aliphatic carbocycles. The second-order valence-electron chi connectivity index (χ2n) is 2.94. The van der Waals surface area contributed by atoms with Crippen LogP contribution in [0.4, 0.5) is 0 Å². The van der Waals surface area contributed by atoms with Crippen LogP contribution in [0.3, 0.4) is 0 Å². The van der Waals surface area contributed by atoms with Crippen molar-refractivity contribution in [1.29, 1.82) is 0 Å². The van der Waals surface area contributed by atoms with E-state index in [2.05, 4.69) is 5.32 Å². The molecule has 1 heterocycles. The minimum absolute atomic E-state index is 0.471. The van der Waals surface area contributed by atoms with Gasteiger partial charge in [-0.1, -0.05) is 0 Å². The van der Waals surface area contributed by atoms with Crippen LogP contribution in [0.1, 0.15) is 19.3 Å². The van der Waals surface area contributed by atoms with Crippen LogP contribution in [-0.2, 0) is 9.59 Å². The largest absolute Gasteiger partial charge is 0.480 e. The standard InChI is InChI=1S/C7H12N2O3/c8-6(10)4-2-1-3-5(9-4)7(11)12/h4-5,9H,1-3H2,(H2,8,10)(H,11,12). The van der Waals surface area contributed by atoms with Crippen molar-refractivity contribution < 1.29 is 14.7 Å². The van der Waals surface area contributed by atoms with Crippen molar-refractivity contribution in [2.24, 2.45) is 5.73 Å². The highest BCUT2D eigenvalue weighted by atomic mass is 16.4. The first-order chi connectivity index (χ1) is 5.61. The van der Waals surface area contributed by atoms with E-state index >= 15 is 0 Å². The van der Waals surface area contributed by atoms with E-state index in [1.807, 2.05) is 0 Å². The molecule has 2 unspecified atom stereocenters. The van der Waals surface area contributed by atoms with Crippen molar-refractivity contribution in [3.63, 3.8) is 0 Å². The molecule has 1 aliphatic heterocycles. The zero-order valence-corrected chi connectivity index (χ0v) is 6.62. The highest BCUT2D eigenvalue weighted by Crippen LogP contribution is 2.12. The van der Waals surface area contributed by atoms with Crippen LogP contribution in [0.5, 0.6) is 0 Å². The minimum atomic E-state index is -0.916. The molecule has 1 fully saturated rings. The summed E-state index contributed by atoms with van der Waals surface area (Å²) < 4.78 is 0. The molecule has 0 aromatic heterocycles. The summed E-state index contributed by atoms with van der Waals surface area (Å²) in [6.45, 7) is 0. The van der Waals surface area contributed by atoms with Gasteiger partial charge in [-0.05, 0) is 19.3 Å². The van der Waals surface area contributed by atoms with Gasteiger partial charge in [0, 0.05) is 0 Å². The number of nitrogens with two attached hydrogens (primary N) is 1. The average Bonchev–Trinajstić information content (AvgIpc) is 2.04. The highest BCUT2D eigenvalue weighted by molar-refractivity contribution is 5.81. The van der Waals surface area contributed by atoms with E-state index in [-0.39, 0.29) is 0 Å². The van der Waals surface area contributed by atoms with Crippen LogP contribution in [-0.4, -0.2) is 29.1 Å². The lowest BCUT2D eigenvalue weighted by molar-refractivity contribution is -0.140. The summed E-state index contributed by atoms with van der Waals surface area (Å²) in [6, 6.07) is -1.09. The summed E-state index contributed by atoms with van der Waals surface area (Å²) in [5.74, 6) is -1.39. The summed E-state index contributed by atoms with van der Waals surface area (Å²) in [4.78, 5) is 21.2. The maximum atomic E-state index is 10.7. The Kier molecular flexibility index (Phi) is 2.65. The summed E-state index contributed by atoms with van der Waals surface area (Å²) >= 11 is 0. The number of carbonyl (C=O) groups excluding carboxylic acids is 1. The molecule has 0 radical (unpaired) electrons. The first-order valence-electron chi connectivity index (χ1n) is 3.89. The summed E-state index contributed by atoms with van der Waals surface area (Å²) in [5, 5.41) is 11.3. The molecule has 1 aliphatic rings. The van der Waals surface area contributed by atoms with Crippen LogP contribution in [0.2, 0.25) is 0 Å². The van der Waals surface area contributed by atoms with Crippen molar-refractivity contribution in [2.75, 3.05) is 0 Å². The maximum absolute atomic E-state index is 10.7. The van der Waals surface area contributed by atoms with E-state index in [0.29, 0.717) is 12.8 Å². The number of amides is 1. The lowest BCUT2D eigenvalue weighted by Gasteiger charge is -2.25. The number of aliphatic carboxylic acids is 1. The predicted octanol–water partition coefficient (Wildman–Crippen LogP) is -0.933. The van der Waals surface area contributed by atoms with Gasteiger partial charge >= 0.3 is 5.97 Å². The van der Waals surface area contributed by atoms with Gasteiger partial charge in [-0.25, -0.2) is 0 Å². The van der Waals surface area contributed by atoms with Gasteiger partial charge in [0.25, 0.3) is 0 Å². The number of carbonyl (C=O) groups is 2. The molecule has 12 heavy (non-hydrogen) atoms. The number of nitrogens with one attached hydrogen (secondary N) is 1. The van der Waals surface area contributed by atoms with Crippen LogP contribution < -0.4 is 11.1 Å². The molecule has 5 heteroatoms. The van der Waals surface area contributed by atoms with E-state index < -0.39 is 24.0 Å². The number of carboxylic acid groups (broad SMARTS) is 1. The van der Waals surface area contributed by atoms with Gasteiger partial charge in [0.2, 0.25) is 5.91 Å². The molecule has 1 saturated heterocycles. The Hall–Kier alpha value is -1.10. The third-order valence-corrected chi connectivity index (χ3v) is 2.03. The van der Waals surface area contributed by atoms with Gasteiger partial charge in [0.05, 0.1) is 6.04 Å². The fourth-order valence-corrected chi connectivity index (χ4v) is 1.35. The second kappa shape index (κ2) is 3.53. The number of rotatable bonds is 2. The predicted molar refractivity (Wildman–Crippen MR) is 41.4 cm³/mol. The lowest BCUT2D eigenvalue weighted by Crippen LogP contribution is -2.52. The monoisotopic (exact) mass is 172 g/mol. The number of piperidine rings is 1. The normalized spacial score (nSPS) is 29.7. The molecule has 1 rings (SSSR count). The lowest BCUT2D eigenvalue weighted by atomic mass is 9.98. The minimum Gasteiger partial charge on any atom is -0.480 e. The summed E-state index contributed by atoms with van der Waals surface area (Å²) in [6.07, 6.45) is 1.94. The van der Waals surface area contributed by atoms with Crippen molar-refractivity contribution in [3.8, 4) is 0 Å². The molecule has 0 spiro atoms. The molecule has 2 atom stereocenters. The number of hydrogen-bond acceptors (Lipinski definition) is 3. The second-order valence-corrected chi connectivity index (χ2v) is 2.94. The van der Waals surface area contributed by atoms with E-state index in [1.165, 1.54) is 0 Å². The van der Waals surface area contributed by atoms with Crippen molar-refractivity contribution >= 4 is 11.9 Å². The van der Waals surface area contributed by atoms with Crippen LogP contribution >= 0.6 is 0 Å². The molecular formula is C7H12N2O3. The first kappa shape index (κ1) is 8.99. The number of hydrogen-bond donors (Lipinski definition) is 3. The van der Waals surface area contributed by atoms with Gasteiger partial charge in [-0.3, -0.25) is 14.9 Å². The Bertz CT molecular complexity index is 185. The fraction of sp³-hybridized carbons (Fsp3) is 0.714. The Labute approximate surface area is 69.9 Å². The summed E-state index contributed by atoms with van der Waals surface area (Å²) in [7, 11) is 0. The highest BCUT2D eigenvalue weighted by Gasteiger charge is 2.28. The van der Waals surface area contributed by atoms with Gasteiger partial charge in [-0.2, -0.15) is 0 Å². The Balaban J connectivity index is 2.51. The zero-order chi connectivity index (χ0) is 9.14. The third-order valence-electron chi connectivity index (χ3n) is 2.03. The van der Waals surface area contributed by atoms with E-state index in [9.17, 15) is 9.59 Å². The van der Waals surface area contributed by atoms with Crippen molar-refractivity contribution in [1.82, 2.24) is 5.32 Å². The van der Waals surface area contributed by atoms with Gasteiger partial charge in [-0.15, -0.1) is 0 Å². The van der Waals surface area contributed by atoms with E-state index in [4.69, 9.17) is 10.8 Å². The van der Waals surface area contributed by atoms with Crippen molar-refractivity contribution in [2.45, 2.75) is 31.3 Å². The quantitative estimate of drug-likeness (QED) is 0.501. The average molecular weight is 172 g/mol. The summed E-state index contributed by atoms with van der Waals surface area (Å²) in [5.41, 5.74) is 5.04. The SMILES string of the molecule is NC(=O)C1CCCC(C(=O)O)N1. The Morgan fingerprint density at radius 3 is 2.42 bits per heavy atom. The zero-order valence-electron chi connectivity index (χ0n) is 6.62. The fourth-order valence-electron chi connectivity index (χ4n) is 1.35. The van der Waals surface area contributed by atoms with Crippen molar-refractivity contribution in [3.05, 3.63) is 0 Å².